The number of primary amides is 1. The lowest BCUT2D eigenvalue weighted by atomic mass is 10.1. The molecule has 3 amide bonds. The summed E-state index contributed by atoms with van der Waals surface area (Å²) in [6.07, 6.45) is 1.79. The van der Waals surface area contributed by atoms with Crippen LogP contribution in [0.2, 0.25) is 0 Å². The molecule has 1 heterocycles. The Kier molecular flexibility index (Phi) is 7.06. The van der Waals surface area contributed by atoms with Crippen molar-refractivity contribution in [2.24, 2.45) is 5.73 Å². The number of carbonyl (C=O) groups excluding carboxylic acids is 3. The Balaban J connectivity index is 1.26. The number of hydrogen-bond donors (Lipinski definition) is 5. The van der Waals surface area contributed by atoms with Gasteiger partial charge in [0, 0.05) is 24.1 Å². The van der Waals surface area contributed by atoms with E-state index in [9.17, 15) is 14.4 Å². The molecule has 0 saturated heterocycles. The van der Waals surface area contributed by atoms with E-state index >= 15 is 0 Å². The van der Waals surface area contributed by atoms with E-state index in [0.717, 1.165) is 11.1 Å². The molecule has 4 rings (SSSR count). The highest BCUT2D eigenvalue weighted by atomic mass is 16.2. The lowest BCUT2D eigenvalue weighted by molar-refractivity contribution is -0.118. The van der Waals surface area contributed by atoms with Crippen LogP contribution >= 0.6 is 0 Å². The quantitative estimate of drug-likeness (QED) is 0.184. The van der Waals surface area contributed by atoms with Gasteiger partial charge in [0.1, 0.15) is 11.3 Å². The van der Waals surface area contributed by atoms with Gasteiger partial charge in [-0.1, -0.05) is 18.2 Å². The molecule has 0 radical (unpaired) electrons. The average Bonchev–Trinajstić information content (AvgIpc) is 3.28. The molecular weight excluding hydrogens is 444 g/mol. The van der Waals surface area contributed by atoms with Crippen molar-refractivity contribution in [1.82, 2.24) is 9.97 Å². The molecule has 0 saturated carbocycles. The number of nitrogens with two attached hydrogens (primary N) is 2. The van der Waals surface area contributed by atoms with Crippen molar-refractivity contribution in [3.63, 3.8) is 0 Å². The number of aromatic amines is 1. The fourth-order valence-electron chi connectivity index (χ4n) is 3.70. The number of anilines is 3. The SMILES string of the molecule is NC(=O)c1cccc2[nH]c(-c3ccc(NC(=O)CCCCC(=O)Nc4ccccc4N)cc3)nc12. The summed E-state index contributed by atoms with van der Waals surface area (Å²) in [5.41, 5.74) is 15.4. The third-order valence-electron chi connectivity index (χ3n) is 5.51. The van der Waals surface area contributed by atoms with E-state index in [2.05, 4.69) is 20.6 Å². The summed E-state index contributed by atoms with van der Waals surface area (Å²) < 4.78 is 0. The van der Waals surface area contributed by atoms with Crippen LogP contribution in [0.25, 0.3) is 22.4 Å². The monoisotopic (exact) mass is 470 g/mol. The Morgan fingerprint density at radius 2 is 1.51 bits per heavy atom. The van der Waals surface area contributed by atoms with Crippen LogP contribution in [0.15, 0.2) is 66.7 Å². The second-order valence-electron chi connectivity index (χ2n) is 8.12. The first-order chi connectivity index (χ1) is 16.9. The first-order valence-corrected chi connectivity index (χ1v) is 11.2. The Morgan fingerprint density at radius 3 is 2.20 bits per heavy atom. The highest BCUT2D eigenvalue weighted by Crippen LogP contribution is 2.24. The molecule has 0 unspecified atom stereocenters. The first-order valence-electron chi connectivity index (χ1n) is 11.2. The van der Waals surface area contributed by atoms with Crippen molar-refractivity contribution in [3.8, 4) is 11.4 Å². The number of para-hydroxylation sites is 3. The molecule has 7 N–H and O–H groups in total. The molecule has 0 atom stereocenters. The number of nitrogen functional groups attached to an aromatic ring is 1. The molecule has 0 aliphatic heterocycles. The van der Waals surface area contributed by atoms with Gasteiger partial charge in [0.15, 0.2) is 0 Å². The maximum atomic E-state index is 12.3. The molecule has 1 aromatic heterocycles. The lowest BCUT2D eigenvalue weighted by Gasteiger charge is -2.08. The van der Waals surface area contributed by atoms with Gasteiger partial charge in [-0.05, 0) is 61.4 Å². The zero-order valence-electron chi connectivity index (χ0n) is 19.0. The van der Waals surface area contributed by atoms with Crippen LogP contribution in [-0.2, 0) is 9.59 Å². The summed E-state index contributed by atoms with van der Waals surface area (Å²) >= 11 is 0. The van der Waals surface area contributed by atoms with Gasteiger partial charge in [-0.15, -0.1) is 0 Å². The van der Waals surface area contributed by atoms with E-state index in [1.54, 1.807) is 48.5 Å². The number of unbranched alkanes of at least 4 members (excludes halogenated alkanes) is 1. The van der Waals surface area contributed by atoms with Gasteiger partial charge in [0.2, 0.25) is 11.8 Å². The number of aromatic nitrogens is 2. The highest BCUT2D eigenvalue weighted by molar-refractivity contribution is 6.04. The largest absolute Gasteiger partial charge is 0.397 e. The zero-order chi connectivity index (χ0) is 24.8. The maximum Gasteiger partial charge on any atom is 0.250 e. The van der Waals surface area contributed by atoms with E-state index in [0.29, 0.717) is 59.7 Å². The summed E-state index contributed by atoms with van der Waals surface area (Å²) in [5.74, 6) is -0.192. The molecule has 0 aliphatic carbocycles. The molecule has 0 aliphatic rings. The normalized spacial score (nSPS) is 10.7. The molecular formula is C26H26N6O3. The van der Waals surface area contributed by atoms with Gasteiger partial charge >= 0.3 is 0 Å². The summed E-state index contributed by atoms with van der Waals surface area (Å²) in [6.45, 7) is 0. The van der Waals surface area contributed by atoms with Crippen molar-refractivity contribution in [2.75, 3.05) is 16.4 Å². The van der Waals surface area contributed by atoms with Crippen LogP contribution in [0.3, 0.4) is 0 Å². The highest BCUT2D eigenvalue weighted by Gasteiger charge is 2.12. The lowest BCUT2D eigenvalue weighted by Crippen LogP contribution is -2.14. The molecule has 4 aromatic rings. The minimum absolute atomic E-state index is 0.125. The summed E-state index contributed by atoms with van der Waals surface area (Å²) in [6, 6.07) is 19.5. The van der Waals surface area contributed by atoms with Gasteiger partial charge in [-0.25, -0.2) is 4.98 Å². The van der Waals surface area contributed by atoms with Crippen LogP contribution in [-0.4, -0.2) is 27.7 Å². The summed E-state index contributed by atoms with van der Waals surface area (Å²) in [7, 11) is 0. The van der Waals surface area contributed by atoms with E-state index in [1.807, 2.05) is 18.2 Å². The molecule has 9 nitrogen and oxygen atoms in total. The fourth-order valence-corrected chi connectivity index (χ4v) is 3.70. The fraction of sp³-hybridized carbons (Fsp3) is 0.154. The molecule has 0 spiro atoms. The van der Waals surface area contributed by atoms with Crippen LogP contribution in [0.1, 0.15) is 36.0 Å². The number of hydrogen-bond acceptors (Lipinski definition) is 5. The second kappa shape index (κ2) is 10.5. The minimum atomic E-state index is -0.534. The van der Waals surface area contributed by atoms with Gasteiger partial charge < -0.3 is 27.1 Å². The molecule has 178 valence electrons. The molecule has 35 heavy (non-hydrogen) atoms. The van der Waals surface area contributed by atoms with Crippen LogP contribution in [0.5, 0.6) is 0 Å². The number of rotatable bonds is 9. The van der Waals surface area contributed by atoms with E-state index < -0.39 is 5.91 Å². The third-order valence-corrected chi connectivity index (χ3v) is 5.51. The minimum Gasteiger partial charge on any atom is -0.397 e. The smallest absolute Gasteiger partial charge is 0.250 e. The van der Waals surface area contributed by atoms with E-state index in [1.165, 1.54) is 0 Å². The van der Waals surface area contributed by atoms with E-state index in [-0.39, 0.29) is 11.8 Å². The standard InChI is InChI=1S/C26H26N6O3/c27-19-7-1-2-8-20(19)30-23(34)11-4-3-10-22(33)29-17-14-12-16(13-15-17)26-31-21-9-5-6-18(25(28)35)24(21)32-26/h1-2,5-9,12-15H,3-4,10-11,27H2,(H2,28,35)(H,29,33)(H,30,34)(H,31,32). The van der Waals surface area contributed by atoms with Gasteiger partial charge in [0.25, 0.3) is 5.91 Å². The predicted octanol–water partition coefficient (Wildman–Crippen LogP) is 4.05. The van der Waals surface area contributed by atoms with Crippen molar-refractivity contribution in [2.45, 2.75) is 25.7 Å². The Bertz CT molecular complexity index is 1380. The van der Waals surface area contributed by atoms with Crippen molar-refractivity contribution in [3.05, 3.63) is 72.3 Å². The zero-order valence-corrected chi connectivity index (χ0v) is 19.0. The number of imidazole rings is 1. The average molecular weight is 471 g/mol. The number of carbonyl (C=O) groups is 3. The van der Waals surface area contributed by atoms with Crippen molar-refractivity contribution < 1.29 is 14.4 Å². The predicted molar refractivity (Wildman–Crippen MR) is 137 cm³/mol. The topological polar surface area (TPSA) is 156 Å². The molecule has 3 aromatic carbocycles. The third kappa shape index (κ3) is 5.83. The number of nitrogens with zero attached hydrogens (tertiary/aromatic N) is 1. The van der Waals surface area contributed by atoms with Crippen LogP contribution < -0.4 is 22.1 Å². The number of amides is 3. The molecule has 0 bridgehead atoms. The molecule has 9 heteroatoms. The van der Waals surface area contributed by atoms with Crippen LogP contribution in [0.4, 0.5) is 17.1 Å². The summed E-state index contributed by atoms with van der Waals surface area (Å²) in [5, 5.41) is 5.64. The van der Waals surface area contributed by atoms with Crippen LogP contribution in [0, 0.1) is 0 Å². The summed E-state index contributed by atoms with van der Waals surface area (Å²) in [4.78, 5) is 43.7. The number of benzene rings is 3. The Morgan fingerprint density at radius 1 is 0.829 bits per heavy atom. The van der Waals surface area contributed by atoms with Crippen molar-refractivity contribution >= 4 is 45.8 Å². The maximum absolute atomic E-state index is 12.3. The number of fused-ring (bicyclic) bond motifs is 1. The van der Waals surface area contributed by atoms with Crippen molar-refractivity contribution in [1.29, 1.82) is 0 Å². The van der Waals surface area contributed by atoms with E-state index in [4.69, 9.17) is 11.5 Å². The number of nitrogens with one attached hydrogen (secondary N) is 3. The first kappa shape index (κ1) is 23.5. The van der Waals surface area contributed by atoms with Gasteiger partial charge in [-0.3, -0.25) is 14.4 Å². The van der Waals surface area contributed by atoms with Gasteiger partial charge in [-0.2, -0.15) is 0 Å². The van der Waals surface area contributed by atoms with Gasteiger partial charge in [0.05, 0.1) is 22.5 Å². The Labute approximate surface area is 201 Å². The Hall–Kier alpha value is -4.66. The number of H-pyrrole nitrogens is 1. The second-order valence-corrected chi connectivity index (χ2v) is 8.12. The molecule has 0 fully saturated rings.